The Morgan fingerprint density at radius 3 is 3.08 bits per heavy atom. The van der Waals surface area contributed by atoms with Crippen LogP contribution in [0.2, 0.25) is 0 Å². The van der Waals surface area contributed by atoms with Gasteiger partial charge in [0, 0.05) is 19.0 Å². The molecule has 0 aromatic heterocycles. The molecule has 0 aromatic carbocycles. The number of rotatable bonds is 5. The first-order valence-corrected chi connectivity index (χ1v) is 4.11. The van der Waals surface area contributed by atoms with E-state index >= 15 is 0 Å². The van der Waals surface area contributed by atoms with Crippen LogP contribution in [0.15, 0.2) is 0 Å². The monoisotopic (exact) mass is 187 g/mol. The third-order valence-electron chi connectivity index (χ3n) is 1.73. The van der Waals surface area contributed by atoms with E-state index in [1.165, 1.54) is 0 Å². The van der Waals surface area contributed by atoms with Crippen LogP contribution in [0.25, 0.3) is 0 Å². The summed E-state index contributed by atoms with van der Waals surface area (Å²) in [7, 11) is 0. The smallest absolute Gasteiger partial charge is 0.245 e. The zero-order valence-electron chi connectivity index (χ0n) is 7.21. The minimum atomic E-state index is -0.525. The van der Waals surface area contributed by atoms with E-state index in [-0.39, 0.29) is 18.6 Å². The van der Waals surface area contributed by atoms with Crippen molar-refractivity contribution in [2.75, 3.05) is 13.2 Å². The van der Waals surface area contributed by atoms with Gasteiger partial charge in [0.2, 0.25) is 11.8 Å². The molecule has 1 atom stereocenters. The third kappa shape index (κ3) is 3.86. The number of carbonyl (C=O) groups is 2. The Balaban J connectivity index is 2.00. The summed E-state index contributed by atoms with van der Waals surface area (Å²) in [6, 6.07) is 0.0976. The van der Waals surface area contributed by atoms with Gasteiger partial charge in [-0.25, -0.2) is 0 Å². The van der Waals surface area contributed by atoms with Crippen LogP contribution in [0.4, 0.5) is 0 Å². The van der Waals surface area contributed by atoms with Crippen LogP contribution in [-0.2, 0) is 14.4 Å². The molecule has 6 heteroatoms. The van der Waals surface area contributed by atoms with E-state index in [4.69, 9.17) is 10.6 Å². The second-order valence-electron chi connectivity index (χ2n) is 2.91. The molecule has 1 fully saturated rings. The zero-order valence-corrected chi connectivity index (χ0v) is 7.21. The van der Waals surface area contributed by atoms with Crippen LogP contribution in [0.3, 0.4) is 0 Å². The second-order valence-corrected chi connectivity index (χ2v) is 2.91. The molecule has 13 heavy (non-hydrogen) atoms. The predicted molar refractivity (Wildman–Crippen MR) is 44.3 cm³/mol. The van der Waals surface area contributed by atoms with Gasteiger partial charge in [-0.2, -0.15) is 5.48 Å². The van der Waals surface area contributed by atoms with Crippen LogP contribution in [0.5, 0.6) is 0 Å². The highest BCUT2D eigenvalue weighted by atomic mass is 16.6. The fourth-order valence-electron chi connectivity index (χ4n) is 1.11. The van der Waals surface area contributed by atoms with Gasteiger partial charge < -0.3 is 11.1 Å². The first-order valence-electron chi connectivity index (χ1n) is 4.11. The van der Waals surface area contributed by atoms with Crippen molar-refractivity contribution < 1.29 is 14.4 Å². The van der Waals surface area contributed by atoms with Gasteiger partial charge in [0.1, 0.15) is 6.61 Å². The minimum Gasteiger partial charge on any atom is -0.368 e. The molecular weight excluding hydrogens is 174 g/mol. The maximum atomic E-state index is 10.7. The fourth-order valence-corrected chi connectivity index (χ4v) is 1.11. The summed E-state index contributed by atoms with van der Waals surface area (Å²) in [4.78, 5) is 25.7. The van der Waals surface area contributed by atoms with E-state index < -0.39 is 5.91 Å². The topological polar surface area (TPSA) is 93.5 Å². The number of primary amides is 1. The Morgan fingerprint density at radius 1 is 1.77 bits per heavy atom. The fraction of sp³-hybridized carbons (Fsp3) is 0.714. The first-order chi connectivity index (χ1) is 6.18. The molecule has 1 heterocycles. The lowest BCUT2D eigenvalue weighted by molar-refractivity contribution is -0.125. The van der Waals surface area contributed by atoms with Crippen LogP contribution < -0.4 is 16.5 Å². The van der Waals surface area contributed by atoms with Gasteiger partial charge in [0.15, 0.2) is 0 Å². The standard InChI is InChI=1S/C7H13N3O3/c8-6(11)4-13-9-3-5-1-2-7(12)10-5/h5,9H,1-4H2,(H2,8,11)(H,10,12). The number of carbonyl (C=O) groups excluding carboxylic acids is 2. The lowest BCUT2D eigenvalue weighted by Crippen LogP contribution is -2.37. The van der Waals surface area contributed by atoms with Crippen molar-refractivity contribution >= 4 is 11.8 Å². The van der Waals surface area contributed by atoms with E-state index in [1.54, 1.807) is 0 Å². The lowest BCUT2D eigenvalue weighted by atomic mass is 10.2. The van der Waals surface area contributed by atoms with Crippen LogP contribution in [0, 0.1) is 0 Å². The summed E-state index contributed by atoms with van der Waals surface area (Å²) in [5, 5.41) is 2.74. The maximum absolute atomic E-state index is 10.7. The summed E-state index contributed by atoms with van der Waals surface area (Å²) < 4.78 is 0. The normalized spacial score (nSPS) is 21.5. The molecule has 1 unspecified atom stereocenters. The number of nitrogens with two attached hydrogens (primary N) is 1. The van der Waals surface area contributed by atoms with Crippen molar-refractivity contribution in [1.29, 1.82) is 0 Å². The molecule has 0 bridgehead atoms. The van der Waals surface area contributed by atoms with Crippen LogP contribution in [0.1, 0.15) is 12.8 Å². The summed E-state index contributed by atoms with van der Waals surface area (Å²) in [5.41, 5.74) is 7.40. The second kappa shape index (κ2) is 4.78. The Bertz CT molecular complexity index is 207. The van der Waals surface area contributed by atoms with Gasteiger partial charge in [-0.05, 0) is 6.42 Å². The van der Waals surface area contributed by atoms with E-state index in [0.717, 1.165) is 6.42 Å². The molecule has 0 spiro atoms. The Kier molecular flexibility index (Phi) is 3.66. The average Bonchev–Trinajstić information content (AvgIpc) is 2.45. The minimum absolute atomic E-state index is 0.0571. The van der Waals surface area contributed by atoms with Gasteiger partial charge in [-0.15, -0.1) is 0 Å². The Labute approximate surface area is 75.8 Å². The van der Waals surface area contributed by atoms with Crippen molar-refractivity contribution in [2.24, 2.45) is 5.73 Å². The molecule has 4 N–H and O–H groups in total. The highest BCUT2D eigenvalue weighted by molar-refractivity contribution is 5.78. The average molecular weight is 187 g/mol. The number of hydrogen-bond acceptors (Lipinski definition) is 4. The van der Waals surface area contributed by atoms with E-state index in [2.05, 4.69) is 10.8 Å². The summed E-state index contributed by atoms with van der Waals surface area (Å²) in [5.74, 6) is -0.468. The molecule has 0 aromatic rings. The summed E-state index contributed by atoms with van der Waals surface area (Å²) in [6.07, 6.45) is 1.36. The van der Waals surface area contributed by atoms with Gasteiger partial charge in [-0.1, -0.05) is 0 Å². The van der Waals surface area contributed by atoms with Crippen molar-refractivity contribution in [3.63, 3.8) is 0 Å². The molecule has 1 rings (SSSR count). The van der Waals surface area contributed by atoms with Crippen molar-refractivity contribution in [1.82, 2.24) is 10.8 Å². The van der Waals surface area contributed by atoms with Gasteiger partial charge in [0.05, 0.1) is 0 Å². The van der Waals surface area contributed by atoms with Gasteiger partial charge in [-0.3, -0.25) is 14.4 Å². The molecule has 1 aliphatic heterocycles. The quantitative estimate of drug-likeness (QED) is 0.352. The van der Waals surface area contributed by atoms with Crippen molar-refractivity contribution in [3.05, 3.63) is 0 Å². The molecule has 2 amide bonds. The van der Waals surface area contributed by atoms with E-state index in [1.807, 2.05) is 0 Å². The van der Waals surface area contributed by atoms with Crippen LogP contribution in [-0.4, -0.2) is 31.0 Å². The molecule has 0 saturated carbocycles. The van der Waals surface area contributed by atoms with Crippen molar-refractivity contribution in [3.8, 4) is 0 Å². The zero-order chi connectivity index (χ0) is 9.68. The van der Waals surface area contributed by atoms with E-state index in [0.29, 0.717) is 13.0 Å². The summed E-state index contributed by atoms with van der Waals surface area (Å²) in [6.45, 7) is 0.347. The molecule has 74 valence electrons. The van der Waals surface area contributed by atoms with Gasteiger partial charge in [0.25, 0.3) is 0 Å². The molecule has 1 aliphatic rings. The van der Waals surface area contributed by atoms with Crippen molar-refractivity contribution in [2.45, 2.75) is 18.9 Å². The van der Waals surface area contributed by atoms with Crippen LogP contribution >= 0.6 is 0 Å². The predicted octanol–water partition coefficient (Wildman–Crippen LogP) is -1.73. The largest absolute Gasteiger partial charge is 0.368 e. The number of hydrogen-bond donors (Lipinski definition) is 3. The third-order valence-corrected chi connectivity index (χ3v) is 1.73. The van der Waals surface area contributed by atoms with Gasteiger partial charge >= 0.3 is 0 Å². The lowest BCUT2D eigenvalue weighted by Gasteiger charge is -2.09. The number of hydroxylamine groups is 1. The Morgan fingerprint density at radius 2 is 2.54 bits per heavy atom. The highest BCUT2D eigenvalue weighted by Crippen LogP contribution is 2.04. The molecule has 0 radical (unpaired) electrons. The SMILES string of the molecule is NC(=O)CONCC1CCC(=O)N1. The number of amides is 2. The Hall–Kier alpha value is -1.14. The molecule has 0 aliphatic carbocycles. The first kappa shape index (κ1) is 9.94. The molecular formula is C7H13N3O3. The number of nitrogens with one attached hydrogen (secondary N) is 2. The van der Waals surface area contributed by atoms with E-state index in [9.17, 15) is 9.59 Å². The summed E-state index contributed by atoms with van der Waals surface area (Å²) >= 11 is 0. The molecule has 6 nitrogen and oxygen atoms in total. The maximum Gasteiger partial charge on any atom is 0.245 e. The molecule has 1 saturated heterocycles. The highest BCUT2D eigenvalue weighted by Gasteiger charge is 2.19.